The van der Waals surface area contributed by atoms with Gasteiger partial charge in [-0.1, -0.05) is 60.7 Å². The number of rotatable bonds is 8. The Hall–Kier alpha value is -4.30. The monoisotopic (exact) mass is 458 g/mol. The van der Waals surface area contributed by atoms with Crippen molar-refractivity contribution in [3.63, 3.8) is 0 Å². The van der Waals surface area contributed by atoms with Crippen molar-refractivity contribution in [2.24, 2.45) is 0 Å². The van der Waals surface area contributed by atoms with E-state index in [1.54, 1.807) is 24.3 Å². The molecule has 8 nitrogen and oxygen atoms in total. The number of benzene rings is 3. The molecule has 3 aromatic carbocycles. The maximum atomic E-state index is 13.3. The van der Waals surface area contributed by atoms with Gasteiger partial charge in [0.05, 0.1) is 24.1 Å². The van der Waals surface area contributed by atoms with Gasteiger partial charge in [0.15, 0.2) is 17.1 Å². The number of nitro groups is 1. The number of hydrogen-bond acceptors (Lipinski definition) is 6. The highest BCUT2D eigenvalue weighted by Crippen LogP contribution is 2.43. The summed E-state index contributed by atoms with van der Waals surface area (Å²) in [6, 6.07) is 20.1. The summed E-state index contributed by atoms with van der Waals surface area (Å²) in [6.07, 6.45) is 3.13. The summed E-state index contributed by atoms with van der Waals surface area (Å²) >= 11 is 0. The van der Waals surface area contributed by atoms with Crippen molar-refractivity contribution >= 4 is 29.1 Å². The van der Waals surface area contributed by atoms with Crippen molar-refractivity contribution in [1.29, 1.82) is 0 Å². The summed E-state index contributed by atoms with van der Waals surface area (Å²) in [7, 11) is 1.29. The molecule has 0 saturated carbocycles. The number of Topliss-reactive ketones (excluding diaryl/α,β-unsaturated/α-hetero) is 1. The minimum atomic E-state index is -2.08. The first-order valence-electron chi connectivity index (χ1n) is 10.6. The number of nitro benzene ring substituents is 1. The van der Waals surface area contributed by atoms with Gasteiger partial charge in [-0.05, 0) is 23.8 Å². The van der Waals surface area contributed by atoms with Gasteiger partial charge in [0.1, 0.15) is 0 Å². The molecule has 0 aliphatic carbocycles. The van der Waals surface area contributed by atoms with Crippen LogP contribution in [0.25, 0.3) is 6.08 Å². The predicted molar refractivity (Wildman–Crippen MR) is 127 cm³/mol. The number of fused-ring (bicyclic) bond motifs is 1. The number of ether oxygens (including phenoxy) is 1. The number of hydrogen-bond donors (Lipinski definition) is 1. The highest BCUT2D eigenvalue weighted by molar-refractivity contribution is 6.11. The first kappa shape index (κ1) is 22.9. The minimum Gasteiger partial charge on any atom is -0.490 e. The first-order chi connectivity index (χ1) is 16.3. The van der Waals surface area contributed by atoms with Crippen LogP contribution in [0, 0.1) is 10.1 Å². The molecule has 3 aromatic rings. The van der Waals surface area contributed by atoms with Gasteiger partial charge in [-0.15, -0.1) is 0 Å². The fourth-order valence-electron chi connectivity index (χ4n) is 4.06. The molecule has 1 N–H and O–H groups in total. The van der Waals surface area contributed by atoms with E-state index in [1.807, 2.05) is 42.5 Å². The summed E-state index contributed by atoms with van der Waals surface area (Å²) in [5.41, 5.74) is -0.636. The zero-order valence-electron chi connectivity index (χ0n) is 18.4. The Labute approximate surface area is 195 Å². The number of anilines is 1. The van der Waals surface area contributed by atoms with Gasteiger partial charge in [0, 0.05) is 23.7 Å². The van der Waals surface area contributed by atoms with Crippen LogP contribution >= 0.6 is 0 Å². The topological polar surface area (TPSA) is 110 Å². The lowest BCUT2D eigenvalue weighted by Gasteiger charge is -2.22. The molecule has 1 heterocycles. The third kappa shape index (κ3) is 4.18. The SMILES string of the molecule is COc1ccc(C(=O)CC2(O)C(=O)N(C/C=C/c3ccccc3)c3ccccc32)cc1[N+](=O)[O-]. The van der Waals surface area contributed by atoms with Crippen LogP contribution in [-0.4, -0.2) is 35.4 Å². The maximum absolute atomic E-state index is 13.3. The van der Waals surface area contributed by atoms with Crippen LogP contribution in [0.2, 0.25) is 0 Å². The highest BCUT2D eigenvalue weighted by Gasteiger charge is 2.50. The van der Waals surface area contributed by atoms with Crippen LogP contribution in [0.4, 0.5) is 11.4 Å². The van der Waals surface area contributed by atoms with E-state index in [0.29, 0.717) is 11.3 Å². The van der Waals surface area contributed by atoms with Crippen molar-refractivity contribution in [2.45, 2.75) is 12.0 Å². The Morgan fingerprint density at radius 2 is 1.82 bits per heavy atom. The fourth-order valence-corrected chi connectivity index (χ4v) is 4.06. The second-order valence-electron chi connectivity index (χ2n) is 7.85. The van der Waals surface area contributed by atoms with Crippen LogP contribution in [0.15, 0.2) is 78.9 Å². The van der Waals surface area contributed by atoms with E-state index in [0.717, 1.165) is 11.6 Å². The van der Waals surface area contributed by atoms with E-state index in [9.17, 15) is 24.8 Å². The lowest BCUT2D eigenvalue weighted by Crippen LogP contribution is -2.42. The van der Waals surface area contributed by atoms with E-state index >= 15 is 0 Å². The Balaban J connectivity index is 1.61. The van der Waals surface area contributed by atoms with Gasteiger partial charge in [-0.3, -0.25) is 19.7 Å². The molecular formula is C26H22N2O6. The van der Waals surface area contributed by atoms with E-state index in [2.05, 4.69) is 0 Å². The third-order valence-corrected chi connectivity index (χ3v) is 5.75. The smallest absolute Gasteiger partial charge is 0.311 e. The molecule has 0 bridgehead atoms. The molecule has 0 saturated heterocycles. The van der Waals surface area contributed by atoms with Crippen molar-refractivity contribution in [3.05, 3.63) is 106 Å². The quantitative estimate of drug-likeness (QED) is 0.309. The van der Waals surface area contributed by atoms with Crippen molar-refractivity contribution in [1.82, 2.24) is 0 Å². The summed E-state index contributed by atoms with van der Waals surface area (Å²) in [5.74, 6) is -1.21. The molecule has 1 aliphatic rings. The third-order valence-electron chi connectivity index (χ3n) is 5.75. The lowest BCUT2D eigenvalue weighted by molar-refractivity contribution is -0.385. The molecule has 1 atom stereocenters. The Morgan fingerprint density at radius 1 is 1.12 bits per heavy atom. The van der Waals surface area contributed by atoms with Crippen molar-refractivity contribution in [3.8, 4) is 5.75 Å². The maximum Gasteiger partial charge on any atom is 0.311 e. The predicted octanol–water partition coefficient (Wildman–Crippen LogP) is 4.12. The highest BCUT2D eigenvalue weighted by atomic mass is 16.6. The summed E-state index contributed by atoms with van der Waals surface area (Å²) in [6.45, 7) is 0.204. The first-order valence-corrected chi connectivity index (χ1v) is 10.6. The average Bonchev–Trinajstić information content (AvgIpc) is 3.06. The van der Waals surface area contributed by atoms with Gasteiger partial charge < -0.3 is 14.7 Å². The molecule has 1 amide bonds. The number of amides is 1. The Bertz CT molecular complexity index is 1290. The van der Waals surface area contributed by atoms with Gasteiger partial charge >= 0.3 is 5.69 Å². The molecule has 4 rings (SSSR count). The molecule has 8 heteroatoms. The molecule has 0 fully saturated rings. The average molecular weight is 458 g/mol. The van der Waals surface area contributed by atoms with Crippen LogP contribution < -0.4 is 9.64 Å². The standard InChI is InChI=1S/C26H22N2O6/c1-34-24-14-13-19(16-22(24)28(32)33)23(29)17-26(31)20-11-5-6-12-21(20)27(25(26)30)15-7-10-18-8-3-2-4-9-18/h2-14,16,31H,15,17H2,1H3/b10-7+. The molecule has 34 heavy (non-hydrogen) atoms. The number of carbonyl (C=O) groups excluding carboxylic acids is 2. The van der Waals surface area contributed by atoms with E-state index in [1.165, 1.54) is 24.1 Å². The van der Waals surface area contributed by atoms with Gasteiger partial charge in [-0.25, -0.2) is 0 Å². The largest absolute Gasteiger partial charge is 0.490 e. The number of aliphatic hydroxyl groups is 1. The zero-order valence-corrected chi connectivity index (χ0v) is 18.4. The van der Waals surface area contributed by atoms with E-state index < -0.39 is 28.6 Å². The minimum absolute atomic E-state index is 0.00799. The van der Waals surface area contributed by atoms with Gasteiger partial charge in [0.25, 0.3) is 5.91 Å². The van der Waals surface area contributed by atoms with Crippen molar-refractivity contribution in [2.75, 3.05) is 18.6 Å². The molecule has 0 spiro atoms. The molecule has 1 aliphatic heterocycles. The lowest BCUT2D eigenvalue weighted by atomic mass is 9.88. The number of methoxy groups -OCH3 is 1. The number of nitrogens with zero attached hydrogens (tertiary/aromatic N) is 2. The van der Waals surface area contributed by atoms with Gasteiger partial charge in [0.2, 0.25) is 0 Å². The number of ketones is 1. The van der Waals surface area contributed by atoms with Crippen molar-refractivity contribution < 1.29 is 24.4 Å². The zero-order chi connectivity index (χ0) is 24.3. The summed E-state index contributed by atoms with van der Waals surface area (Å²) in [4.78, 5) is 38.5. The summed E-state index contributed by atoms with van der Waals surface area (Å²) in [5, 5.41) is 22.7. The van der Waals surface area contributed by atoms with Crippen LogP contribution in [0.5, 0.6) is 5.75 Å². The molecule has 1 unspecified atom stereocenters. The number of carbonyl (C=O) groups is 2. The second-order valence-corrected chi connectivity index (χ2v) is 7.85. The molecule has 0 radical (unpaired) electrons. The van der Waals surface area contributed by atoms with Gasteiger partial charge in [-0.2, -0.15) is 0 Å². The summed E-state index contributed by atoms with van der Waals surface area (Å²) < 4.78 is 4.97. The number of para-hydroxylation sites is 1. The Morgan fingerprint density at radius 3 is 2.53 bits per heavy atom. The van der Waals surface area contributed by atoms with Crippen LogP contribution in [0.3, 0.4) is 0 Å². The molecule has 172 valence electrons. The van der Waals surface area contributed by atoms with E-state index in [4.69, 9.17) is 4.74 Å². The fraction of sp³-hybridized carbons (Fsp3) is 0.154. The van der Waals surface area contributed by atoms with Crippen LogP contribution in [0.1, 0.15) is 27.9 Å². The normalized spacial score (nSPS) is 17.1. The van der Waals surface area contributed by atoms with Crippen LogP contribution in [-0.2, 0) is 10.4 Å². The van der Waals surface area contributed by atoms with E-state index in [-0.39, 0.29) is 23.5 Å². The second kappa shape index (κ2) is 9.29. The molecular weight excluding hydrogens is 436 g/mol. The Kier molecular flexibility index (Phi) is 6.25. The molecule has 0 aromatic heterocycles.